The number of fused-ring (bicyclic) bond motifs is 1. The smallest absolute Gasteiger partial charge is 0.453 e. The quantitative estimate of drug-likeness (QED) is 0.700. The number of methoxy groups -OCH3 is 1. The summed E-state index contributed by atoms with van der Waals surface area (Å²) in [6.45, 7) is 0. The Hall–Kier alpha value is -1.55. The molecule has 1 aromatic carbocycles. The van der Waals surface area contributed by atoms with Crippen LogP contribution in [0.25, 0.3) is 0 Å². The van der Waals surface area contributed by atoms with E-state index in [1.165, 1.54) is 11.8 Å². The molecule has 0 atom stereocenters. The molecule has 1 aliphatic heterocycles. The monoisotopic (exact) mass is 393 g/mol. The second kappa shape index (κ2) is 6.29. The summed E-state index contributed by atoms with van der Waals surface area (Å²) in [4.78, 5) is 0. The predicted molar refractivity (Wildman–Crippen MR) is 70.7 cm³/mol. The molecule has 0 spiro atoms. The zero-order valence-corrected chi connectivity index (χ0v) is 13.5. The molecule has 1 aromatic heterocycles. The van der Waals surface area contributed by atoms with Gasteiger partial charge in [0.05, 0.1) is 12.8 Å². The van der Waals surface area contributed by atoms with Crippen LogP contribution >= 0.6 is 11.8 Å². The summed E-state index contributed by atoms with van der Waals surface area (Å²) >= 11 is 1.17. The van der Waals surface area contributed by atoms with E-state index in [9.17, 15) is 13.2 Å². The van der Waals surface area contributed by atoms with Crippen LogP contribution in [-0.2, 0) is 6.18 Å². The molecule has 22 heavy (non-hydrogen) atoms. The topological polar surface area (TPSA) is 52.3 Å². The third-order valence-corrected chi connectivity index (χ3v) is 3.78. The Labute approximate surface area is 138 Å². The first-order valence-electron chi connectivity index (χ1n) is 5.87. The molecule has 0 radical (unpaired) electrons. The highest BCUT2D eigenvalue weighted by Gasteiger charge is 2.39. The molecule has 0 saturated heterocycles. The Morgan fingerprint density at radius 1 is 1.18 bits per heavy atom. The lowest BCUT2D eigenvalue weighted by atomic mass is 10.1. The van der Waals surface area contributed by atoms with Crippen molar-refractivity contribution in [2.45, 2.75) is 11.3 Å². The van der Waals surface area contributed by atoms with Crippen molar-refractivity contribution in [3.8, 4) is 5.75 Å². The Kier molecular flexibility index (Phi) is 4.81. The van der Waals surface area contributed by atoms with Gasteiger partial charge in [-0.25, -0.2) is 0 Å². The molecule has 0 fully saturated rings. The number of thioether (sulfide) groups is 1. The van der Waals surface area contributed by atoms with Gasteiger partial charge in [-0.1, -0.05) is 11.8 Å². The van der Waals surface area contributed by atoms with Gasteiger partial charge in [-0.05, 0) is 29.8 Å². The number of nitrogens with zero attached hydrogens (tertiary/aromatic N) is 4. The van der Waals surface area contributed by atoms with Crippen molar-refractivity contribution >= 4 is 17.5 Å². The van der Waals surface area contributed by atoms with Crippen molar-refractivity contribution in [3.63, 3.8) is 0 Å². The first-order chi connectivity index (χ1) is 9.99. The number of ether oxygens (including phenoxy) is 1. The highest BCUT2D eigenvalue weighted by molar-refractivity contribution is 7.99. The van der Waals surface area contributed by atoms with Crippen LogP contribution < -0.4 is 21.7 Å². The van der Waals surface area contributed by atoms with E-state index in [-0.39, 0.29) is 22.1 Å². The highest BCUT2D eigenvalue weighted by atomic mass is 79.9. The second-order valence-electron chi connectivity index (χ2n) is 4.18. The van der Waals surface area contributed by atoms with Crippen LogP contribution in [0.2, 0.25) is 0 Å². The second-order valence-corrected chi connectivity index (χ2v) is 5.12. The van der Waals surface area contributed by atoms with Gasteiger partial charge in [-0.15, -0.1) is 10.2 Å². The molecule has 0 unspecified atom stereocenters. The Balaban J connectivity index is 0.00000176. The number of alkyl halides is 3. The fourth-order valence-electron chi connectivity index (χ4n) is 1.83. The Morgan fingerprint density at radius 2 is 1.86 bits per heavy atom. The Morgan fingerprint density at radius 3 is 2.45 bits per heavy atom. The van der Waals surface area contributed by atoms with Crippen molar-refractivity contribution in [1.82, 2.24) is 14.9 Å². The zero-order valence-electron chi connectivity index (χ0n) is 11.1. The van der Waals surface area contributed by atoms with Crippen LogP contribution in [0.15, 0.2) is 34.5 Å². The van der Waals surface area contributed by atoms with Crippen molar-refractivity contribution in [2.75, 3.05) is 12.9 Å². The molecule has 2 heterocycles. The van der Waals surface area contributed by atoms with Crippen molar-refractivity contribution < 1.29 is 34.9 Å². The number of hydrogen-bond acceptors (Lipinski definition) is 5. The highest BCUT2D eigenvalue weighted by Crippen LogP contribution is 2.32. The van der Waals surface area contributed by atoms with Crippen LogP contribution in [0.3, 0.4) is 0 Å². The van der Waals surface area contributed by atoms with E-state index < -0.39 is 12.0 Å². The lowest BCUT2D eigenvalue weighted by Gasteiger charge is -2.14. The maximum Gasteiger partial charge on any atom is 0.453 e. The Bertz CT molecular complexity index is 699. The summed E-state index contributed by atoms with van der Waals surface area (Å²) in [5, 5.41) is 10.8. The molecule has 1 aliphatic rings. The molecular formula is C12H9BrF3N4OS-. The molecule has 118 valence electrons. The number of hydrogen-bond donors (Lipinski definition) is 0. The zero-order chi connectivity index (χ0) is 15.0. The third-order valence-electron chi connectivity index (χ3n) is 2.85. The maximum absolute atomic E-state index is 12.8. The third kappa shape index (κ3) is 3.12. The van der Waals surface area contributed by atoms with E-state index in [2.05, 4.69) is 15.3 Å². The normalized spacial score (nSPS) is 13.9. The summed E-state index contributed by atoms with van der Waals surface area (Å²) in [6.07, 6.45) is -4.59. The fraction of sp³-hybridized carbons (Fsp3) is 0.250. The number of aromatic nitrogens is 3. The summed E-state index contributed by atoms with van der Waals surface area (Å²) < 4.78 is 44.2. The fourth-order valence-corrected chi connectivity index (χ4v) is 2.67. The summed E-state index contributed by atoms with van der Waals surface area (Å²) in [6, 6.07) is 6.96. The van der Waals surface area contributed by atoms with Crippen LogP contribution in [0.4, 0.5) is 13.2 Å². The first kappa shape index (κ1) is 16.8. The lowest BCUT2D eigenvalue weighted by molar-refractivity contribution is -0.147. The van der Waals surface area contributed by atoms with Gasteiger partial charge in [0.1, 0.15) is 5.75 Å². The SMILES string of the molecule is COc1ccc(C2=Nn3c(nnc3C(F)(F)F)SC2)cc1.[Br-]. The van der Waals surface area contributed by atoms with E-state index in [0.29, 0.717) is 17.2 Å². The van der Waals surface area contributed by atoms with Gasteiger partial charge in [0.15, 0.2) is 0 Å². The van der Waals surface area contributed by atoms with Gasteiger partial charge >= 0.3 is 6.18 Å². The van der Waals surface area contributed by atoms with Crippen LogP contribution in [0.1, 0.15) is 11.4 Å². The summed E-state index contributed by atoms with van der Waals surface area (Å²) in [5.41, 5.74) is 1.26. The van der Waals surface area contributed by atoms with E-state index in [4.69, 9.17) is 4.74 Å². The minimum atomic E-state index is -4.59. The van der Waals surface area contributed by atoms with E-state index in [0.717, 1.165) is 10.2 Å². The van der Waals surface area contributed by atoms with E-state index >= 15 is 0 Å². The minimum Gasteiger partial charge on any atom is -1.00 e. The van der Waals surface area contributed by atoms with Crippen LogP contribution in [0, 0.1) is 0 Å². The van der Waals surface area contributed by atoms with Crippen molar-refractivity contribution in [3.05, 3.63) is 35.7 Å². The van der Waals surface area contributed by atoms with E-state index in [1.807, 2.05) is 0 Å². The van der Waals surface area contributed by atoms with Gasteiger partial charge in [-0.3, -0.25) is 0 Å². The molecule has 0 saturated carbocycles. The largest absolute Gasteiger partial charge is 1.00 e. The van der Waals surface area contributed by atoms with Crippen molar-refractivity contribution in [1.29, 1.82) is 0 Å². The average molecular weight is 394 g/mol. The molecule has 0 amide bonds. The molecule has 10 heteroatoms. The lowest BCUT2D eigenvalue weighted by Crippen LogP contribution is -3.00. The van der Waals surface area contributed by atoms with Crippen molar-refractivity contribution in [2.24, 2.45) is 5.10 Å². The predicted octanol–water partition coefficient (Wildman–Crippen LogP) is -0.332. The van der Waals surface area contributed by atoms with Crippen LogP contribution in [0.5, 0.6) is 5.75 Å². The summed E-state index contributed by atoms with van der Waals surface area (Å²) in [7, 11) is 1.54. The first-order valence-corrected chi connectivity index (χ1v) is 6.85. The average Bonchev–Trinajstić information content (AvgIpc) is 2.90. The van der Waals surface area contributed by atoms with Gasteiger partial charge in [0.2, 0.25) is 5.16 Å². The van der Waals surface area contributed by atoms with Gasteiger partial charge in [0.25, 0.3) is 5.82 Å². The minimum absolute atomic E-state index is 0. The maximum atomic E-state index is 12.8. The molecule has 0 aliphatic carbocycles. The summed E-state index contributed by atoms with van der Waals surface area (Å²) in [5.74, 6) is -0.0121. The molecule has 3 rings (SSSR count). The molecule has 5 nitrogen and oxygen atoms in total. The molecule has 0 bridgehead atoms. The number of halogens is 4. The number of benzene rings is 1. The molecule has 0 N–H and O–H groups in total. The molecular weight excluding hydrogens is 385 g/mol. The number of rotatable bonds is 2. The van der Waals surface area contributed by atoms with Gasteiger partial charge < -0.3 is 21.7 Å². The molecule has 2 aromatic rings. The van der Waals surface area contributed by atoms with Gasteiger partial charge in [-0.2, -0.15) is 22.9 Å². The van der Waals surface area contributed by atoms with Crippen LogP contribution in [-0.4, -0.2) is 33.4 Å². The standard InChI is InChI=1S/C12H9F3N4OS.BrH/c1-20-8-4-2-7(3-5-8)9-6-21-11-17-16-10(12(13,14)15)19(11)18-9;/h2-5H,6H2,1H3;1H/p-1. The van der Waals surface area contributed by atoms with Gasteiger partial charge in [0, 0.05) is 5.75 Å². The van der Waals surface area contributed by atoms with E-state index in [1.54, 1.807) is 31.4 Å².